The first kappa shape index (κ1) is 25.3. The number of Topliss-reactive ketones (excluding diaryl/α,β-unsaturated/α-hetero) is 1. The summed E-state index contributed by atoms with van der Waals surface area (Å²) in [5.41, 5.74) is 2.42. The van der Waals surface area contributed by atoms with Crippen LogP contribution >= 0.6 is 0 Å². The highest BCUT2D eigenvalue weighted by Gasteiger charge is 2.52. The second-order valence-electron chi connectivity index (χ2n) is 10.2. The number of aryl methyl sites for hydroxylation is 1. The molecule has 2 aliphatic carbocycles. The number of carbonyl (C=O) groups excluding carboxylic acids is 1. The molecule has 39 heavy (non-hydrogen) atoms. The Morgan fingerprint density at radius 2 is 1.85 bits per heavy atom. The average molecular weight is 546 g/mol. The van der Waals surface area contributed by atoms with Gasteiger partial charge in [-0.05, 0) is 86.4 Å². The van der Waals surface area contributed by atoms with Crippen LogP contribution in [-0.2, 0) is 16.3 Å². The molecular formula is C30H25F2N3O3S. The summed E-state index contributed by atoms with van der Waals surface area (Å²) < 4.78 is 57.2. The van der Waals surface area contributed by atoms with Crippen molar-refractivity contribution >= 4 is 21.7 Å². The molecule has 198 valence electrons. The minimum Gasteiger partial charge on any atom is -0.299 e. The maximum atomic E-state index is 14.3. The van der Waals surface area contributed by atoms with Gasteiger partial charge in [-0.1, -0.05) is 17.7 Å². The van der Waals surface area contributed by atoms with Gasteiger partial charge in [0.05, 0.1) is 33.3 Å². The van der Waals surface area contributed by atoms with E-state index in [0.29, 0.717) is 24.1 Å². The molecule has 6 rings (SSSR count). The van der Waals surface area contributed by atoms with Gasteiger partial charge >= 0.3 is 0 Å². The van der Waals surface area contributed by atoms with E-state index in [2.05, 4.69) is 9.97 Å². The fourth-order valence-corrected chi connectivity index (χ4v) is 7.63. The van der Waals surface area contributed by atoms with Gasteiger partial charge in [0, 0.05) is 18.3 Å². The van der Waals surface area contributed by atoms with Crippen LogP contribution in [0.5, 0.6) is 0 Å². The van der Waals surface area contributed by atoms with E-state index >= 15 is 0 Å². The number of aromatic nitrogens is 3. The van der Waals surface area contributed by atoms with Gasteiger partial charge in [0.1, 0.15) is 17.3 Å². The number of pyridine rings is 1. The first-order chi connectivity index (χ1) is 18.7. The first-order valence-electron chi connectivity index (χ1n) is 12.7. The minimum absolute atomic E-state index is 0.0366. The Labute approximate surface area is 225 Å². The van der Waals surface area contributed by atoms with Crippen LogP contribution in [0.4, 0.5) is 8.78 Å². The standard InChI is InChI=1S/C30H25F2N3O3S/c1-19-5-11-23(15-25(19)32)39(37,38)24-12-6-20-14-28-27(34-18-35(28)22-9-7-21(31)8-10-22)17-30(20,16-24)29(36)26-4-2-3-13-33-26/h2-5,7-11,13-15,18,24H,6,12,16-17H2,1H3/t24-,30+/m0/s1. The molecule has 2 aromatic heterocycles. The van der Waals surface area contributed by atoms with E-state index in [4.69, 9.17) is 0 Å². The SMILES string of the molecule is Cc1ccc(S(=O)(=O)[C@H]2CCC3=Cc4c(ncn4-c4ccc(F)cc4)C[C@]3(C(=O)c3ccccn3)C2)cc1F. The van der Waals surface area contributed by atoms with E-state index in [1.54, 1.807) is 43.6 Å². The van der Waals surface area contributed by atoms with Crippen molar-refractivity contribution in [3.63, 3.8) is 0 Å². The number of sulfone groups is 1. The van der Waals surface area contributed by atoms with Gasteiger partial charge in [0.2, 0.25) is 0 Å². The van der Waals surface area contributed by atoms with Crippen molar-refractivity contribution in [2.75, 3.05) is 0 Å². The molecule has 0 bridgehead atoms. The van der Waals surface area contributed by atoms with Crippen LogP contribution in [0.2, 0.25) is 0 Å². The summed E-state index contributed by atoms with van der Waals surface area (Å²) in [6.07, 6.45) is 5.99. The second-order valence-corrected chi connectivity index (χ2v) is 12.4. The van der Waals surface area contributed by atoms with Crippen LogP contribution in [0.1, 0.15) is 46.7 Å². The fourth-order valence-electron chi connectivity index (χ4n) is 5.78. The molecule has 9 heteroatoms. The Hall–Kier alpha value is -3.98. The van der Waals surface area contributed by atoms with Crippen molar-refractivity contribution in [3.8, 4) is 5.69 Å². The Balaban J connectivity index is 1.45. The third kappa shape index (κ3) is 4.21. The Bertz CT molecular complexity index is 1730. The minimum atomic E-state index is -3.93. The molecule has 0 spiro atoms. The third-order valence-electron chi connectivity index (χ3n) is 7.94. The van der Waals surface area contributed by atoms with Gasteiger partial charge in [0.25, 0.3) is 0 Å². The van der Waals surface area contributed by atoms with Crippen LogP contribution in [0, 0.1) is 24.0 Å². The van der Waals surface area contributed by atoms with E-state index in [1.807, 2.05) is 10.6 Å². The molecule has 0 radical (unpaired) electrons. The number of halogens is 2. The van der Waals surface area contributed by atoms with Gasteiger partial charge in [-0.3, -0.25) is 14.3 Å². The quantitative estimate of drug-likeness (QED) is 0.301. The molecule has 2 aromatic carbocycles. The predicted molar refractivity (Wildman–Crippen MR) is 142 cm³/mol. The summed E-state index contributed by atoms with van der Waals surface area (Å²) in [6.45, 7) is 1.58. The number of carbonyl (C=O) groups is 1. The molecule has 0 aliphatic heterocycles. The zero-order chi connectivity index (χ0) is 27.4. The van der Waals surface area contributed by atoms with Crippen LogP contribution < -0.4 is 0 Å². The highest BCUT2D eigenvalue weighted by atomic mass is 32.2. The normalized spacial score (nSPS) is 20.6. The lowest BCUT2D eigenvalue weighted by atomic mass is 9.62. The van der Waals surface area contributed by atoms with Crippen molar-refractivity contribution < 1.29 is 22.0 Å². The number of fused-ring (bicyclic) bond motifs is 2. The number of ketones is 1. The van der Waals surface area contributed by atoms with Crippen molar-refractivity contribution in [3.05, 3.63) is 113 Å². The Kier molecular flexibility index (Phi) is 6.06. The highest BCUT2D eigenvalue weighted by molar-refractivity contribution is 7.92. The van der Waals surface area contributed by atoms with Crippen molar-refractivity contribution in [1.82, 2.24) is 14.5 Å². The maximum Gasteiger partial charge on any atom is 0.191 e. The van der Waals surface area contributed by atoms with Gasteiger partial charge in [-0.2, -0.15) is 0 Å². The molecule has 0 saturated heterocycles. The lowest BCUT2D eigenvalue weighted by Crippen LogP contribution is -2.46. The maximum absolute atomic E-state index is 14.3. The van der Waals surface area contributed by atoms with E-state index in [1.165, 1.54) is 30.5 Å². The molecule has 0 N–H and O–H groups in total. The lowest BCUT2D eigenvalue weighted by molar-refractivity contribution is 0.0795. The van der Waals surface area contributed by atoms with Crippen LogP contribution in [-0.4, -0.2) is 34.0 Å². The summed E-state index contributed by atoms with van der Waals surface area (Å²) in [5.74, 6) is -1.19. The van der Waals surface area contributed by atoms with Gasteiger partial charge in [-0.15, -0.1) is 0 Å². The van der Waals surface area contributed by atoms with Crippen molar-refractivity contribution in [2.24, 2.45) is 5.41 Å². The largest absolute Gasteiger partial charge is 0.299 e. The molecular weight excluding hydrogens is 520 g/mol. The molecule has 6 nitrogen and oxygen atoms in total. The molecule has 2 aliphatic rings. The molecule has 2 atom stereocenters. The van der Waals surface area contributed by atoms with Gasteiger partial charge in [-0.25, -0.2) is 22.2 Å². The van der Waals surface area contributed by atoms with Gasteiger partial charge < -0.3 is 0 Å². The summed E-state index contributed by atoms with van der Waals surface area (Å²) >= 11 is 0. The molecule has 0 unspecified atom stereocenters. The highest BCUT2D eigenvalue weighted by Crippen LogP contribution is 2.51. The Morgan fingerprint density at radius 3 is 2.56 bits per heavy atom. The van der Waals surface area contributed by atoms with Crippen LogP contribution in [0.15, 0.2) is 83.7 Å². The van der Waals surface area contributed by atoms with E-state index in [9.17, 15) is 22.0 Å². The third-order valence-corrected chi connectivity index (χ3v) is 10.1. The predicted octanol–water partition coefficient (Wildman–Crippen LogP) is 5.69. The molecule has 1 fully saturated rings. The number of nitrogens with zero attached hydrogens (tertiary/aromatic N) is 3. The first-order valence-corrected chi connectivity index (χ1v) is 14.2. The van der Waals surface area contributed by atoms with Crippen molar-refractivity contribution in [2.45, 2.75) is 42.8 Å². The summed E-state index contributed by atoms with van der Waals surface area (Å²) in [7, 11) is -3.93. The van der Waals surface area contributed by atoms with E-state index in [0.717, 1.165) is 23.0 Å². The second kappa shape index (κ2) is 9.34. The van der Waals surface area contributed by atoms with Crippen molar-refractivity contribution in [1.29, 1.82) is 0 Å². The fraction of sp³-hybridized carbons (Fsp3) is 0.233. The van der Waals surface area contributed by atoms with Crippen LogP contribution in [0.3, 0.4) is 0 Å². The van der Waals surface area contributed by atoms with E-state index in [-0.39, 0.29) is 35.0 Å². The zero-order valence-corrected chi connectivity index (χ0v) is 22.0. The summed E-state index contributed by atoms with van der Waals surface area (Å²) in [4.78, 5) is 22.9. The Morgan fingerprint density at radius 1 is 1.05 bits per heavy atom. The molecule has 1 saturated carbocycles. The number of benzene rings is 2. The molecule has 0 amide bonds. The molecule has 2 heterocycles. The topological polar surface area (TPSA) is 81.9 Å². The van der Waals surface area contributed by atoms with E-state index < -0.39 is 26.3 Å². The summed E-state index contributed by atoms with van der Waals surface area (Å²) in [5, 5.41) is -0.884. The monoisotopic (exact) mass is 545 g/mol. The number of rotatable bonds is 5. The zero-order valence-electron chi connectivity index (χ0n) is 21.1. The lowest BCUT2D eigenvalue weighted by Gasteiger charge is -2.43. The number of hydrogen-bond acceptors (Lipinski definition) is 5. The number of hydrogen-bond donors (Lipinski definition) is 0. The number of allylic oxidation sites excluding steroid dienone is 1. The molecule has 4 aromatic rings. The average Bonchev–Trinajstić information content (AvgIpc) is 3.35. The number of imidazole rings is 1. The smallest absolute Gasteiger partial charge is 0.191 e. The summed E-state index contributed by atoms with van der Waals surface area (Å²) in [6, 6.07) is 15.1. The van der Waals surface area contributed by atoms with Crippen LogP contribution in [0.25, 0.3) is 11.8 Å². The van der Waals surface area contributed by atoms with Gasteiger partial charge in [0.15, 0.2) is 15.6 Å².